The van der Waals surface area contributed by atoms with Gasteiger partial charge in [0.05, 0.1) is 23.3 Å². The minimum atomic E-state index is -3.66. The van der Waals surface area contributed by atoms with Gasteiger partial charge in [0, 0.05) is 11.1 Å². The zero-order chi connectivity index (χ0) is 21.6. The van der Waals surface area contributed by atoms with Crippen LogP contribution >= 0.6 is 11.6 Å². The lowest BCUT2D eigenvalue weighted by Gasteiger charge is -2.11. The Morgan fingerprint density at radius 3 is 2.34 bits per heavy atom. The molecule has 2 rings (SSSR count). The molecule has 10 heteroatoms. The van der Waals surface area contributed by atoms with Gasteiger partial charge in [-0.1, -0.05) is 11.6 Å². The van der Waals surface area contributed by atoms with Crippen LogP contribution in [0.5, 0.6) is 5.75 Å². The number of sulfonamides is 1. The molecule has 0 spiro atoms. The number of halogens is 1. The molecule has 0 unspecified atom stereocenters. The van der Waals surface area contributed by atoms with Gasteiger partial charge in [-0.05, 0) is 56.3 Å². The maximum atomic E-state index is 12.1. The third kappa shape index (κ3) is 6.45. The standard InChI is InChI=1S/C19H21ClN2O6S/c1-12(2)22-29(25,26)15-7-4-13(5-8-15)19(24)28-11-18(23)21-16-10-14(20)6-9-17(16)27-3/h4-10,12,22H,11H2,1-3H3,(H,21,23). The molecule has 2 N–H and O–H groups in total. The fraction of sp³-hybridized carbons (Fsp3) is 0.263. The van der Waals surface area contributed by atoms with Crippen molar-refractivity contribution < 1.29 is 27.5 Å². The Kier molecular flexibility index (Phi) is 7.60. The highest BCUT2D eigenvalue weighted by Gasteiger charge is 2.17. The highest BCUT2D eigenvalue weighted by molar-refractivity contribution is 7.89. The Bertz CT molecular complexity index is 990. The van der Waals surface area contributed by atoms with Crippen LogP contribution in [-0.4, -0.2) is 40.1 Å². The minimum absolute atomic E-state index is 0.0218. The van der Waals surface area contributed by atoms with Crippen LogP contribution < -0.4 is 14.8 Å². The van der Waals surface area contributed by atoms with Crippen LogP contribution in [0.2, 0.25) is 5.02 Å². The molecule has 0 saturated carbocycles. The molecule has 0 radical (unpaired) electrons. The van der Waals surface area contributed by atoms with Crippen molar-refractivity contribution in [3.8, 4) is 5.75 Å². The van der Waals surface area contributed by atoms with E-state index in [9.17, 15) is 18.0 Å². The van der Waals surface area contributed by atoms with Crippen molar-refractivity contribution in [3.63, 3.8) is 0 Å². The first-order chi connectivity index (χ1) is 13.6. The van der Waals surface area contributed by atoms with E-state index in [2.05, 4.69) is 10.0 Å². The fourth-order valence-electron chi connectivity index (χ4n) is 2.33. The molecular weight excluding hydrogens is 420 g/mol. The molecule has 0 aromatic heterocycles. The van der Waals surface area contributed by atoms with E-state index < -0.39 is 28.5 Å². The highest BCUT2D eigenvalue weighted by Crippen LogP contribution is 2.27. The number of benzene rings is 2. The molecule has 0 atom stereocenters. The monoisotopic (exact) mass is 440 g/mol. The number of nitrogens with one attached hydrogen (secondary N) is 2. The molecule has 156 valence electrons. The summed E-state index contributed by atoms with van der Waals surface area (Å²) in [6.07, 6.45) is 0. The number of carbonyl (C=O) groups excluding carboxylic acids is 2. The summed E-state index contributed by atoms with van der Waals surface area (Å²) in [6.45, 7) is 2.87. The van der Waals surface area contributed by atoms with Crippen LogP contribution in [0.15, 0.2) is 47.4 Å². The molecule has 0 saturated heterocycles. The lowest BCUT2D eigenvalue weighted by atomic mass is 10.2. The number of amides is 1. The van der Waals surface area contributed by atoms with E-state index in [-0.39, 0.29) is 16.5 Å². The third-order valence-electron chi connectivity index (χ3n) is 3.56. The molecule has 1 amide bonds. The van der Waals surface area contributed by atoms with Gasteiger partial charge in [0.25, 0.3) is 5.91 Å². The predicted molar refractivity (Wildman–Crippen MR) is 109 cm³/mol. The molecule has 2 aromatic carbocycles. The quantitative estimate of drug-likeness (QED) is 0.610. The van der Waals surface area contributed by atoms with Crippen molar-refractivity contribution >= 4 is 39.2 Å². The number of esters is 1. The number of anilines is 1. The lowest BCUT2D eigenvalue weighted by Crippen LogP contribution is -2.30. The summed E-state index contributed by atoms with van der Waals surface area (Å²) in [4.78, 5) is 24.2. The average molecular weight is 441 g/mol. The van der Waals surface area contributed by atoms with Gasteiger partial charge in [0.1, 0.15) is 5.75 Å². The van der Waals surface area contributed by atoms with Crippen molar-refractivity contribution in [2.24, 2.45) is 0 Å². The van der Waals surface area contributed by atoms with E-state index >= 15 is 0 Å². The van der Waals surface area contributed by atoms with E-state index in [1.165, 1.54) is 37.4 Å². The summed E-state index contributed by atoms with van der Waals surface area (Å²) in [5, 5.41) is 2.95. The zero-order valence-electron chi connectivity index (χ0n) is 16.1. The number of hydrogen-bond acceptors (Lipinski definition) is 6. The van der Waals surface area contributed by atoms with Crippen molar-refractivity contribution in [1.82, 2.24) is 4.72 Å². The van der Waals surface area contributed by atoms with Gasteiger partial charge in [0.15, 0.2) is 6.61 Å². The van der Waals surface area contributed by atoms with Crippen LogP contribution in [0.25, 0.3) is 0 Å². The van der Waals surface area contributed by atoms with Crippen molar-refractivity contribution in [1.29, 1.82) is 0 Å². The second kappa shape index (κ2) is 9.73. The van der Waals surface area contributed by atoms with Crippen LogP contribution in [-0.2, 0) is 19.6 Å². The Labute approximate surface area is 174 Å². The molecular formula is C19H21ClN2O6S. The first-order valence-electron chi connectivity index (χ1n) is 8.55. The van der Waals surface area contributed by atoms with E-state index in [4.69, 9.17) is 21.1 Å². The zero-order valence-corrected chi connectivity index (χ0v) is 17.6. The van der Waals surface area contributed by atoms with E-state index in [1.54, 1.807) is 26.0 Å². The summed E-state index contributed by atoms with van der Waals surface area (Å²) in [6, 6.07) is 9.65. The van der Waals surface area contributed by atoms with E-state index in [0.29, 0.717) is 16.5 Å². The van der Waals surface area contributed by atoms with Gasteiger partial charge in [-0.3, -0.25) is 4.79 Å². The summed E-state index contributed by atoms with van der Waals surface area (Å²) in [7, 11) is -2.22. The Balaban J connectivity index is 1.97. The van der Waals surface area contributed by atoms with Crippen LogP contribution in [0.1, 0.15) is 24.2 Å². The molecule has 29 heavy (non-hydrogen) atoms. The third-order valence-corrected chi connectivity index (χ3v) is 5.47. The van der Waals surface area contributed by atoms with Gasteiger partial charge in [0.2, 0.25) is 10.0 Å². The lowest BCUT2D eigenvalue weighted by molar-refractivity contribution is -0.119. The molecule has 0 bridgehead atoms. The Morgan fingerprint density at radius 2 is 1.76 bits per heavy atom. The highest BCUT2D eigenvalue weighted by atomic mass is 35.5. The Hall–Kier alpha value is -2.62. The molecule has 0 aliphatic heterocycles. The summed E-state index contributed by atoms with van der Waals surface area (Å²) >= 11 is 5.90. The maximum absolute atomic E-state index is 12.1. The van der Waals surface area contributed by atoms with Gasteiger partial charge in [-0.15, -0.1) is 0 Å². The van der Waals surface area contributed by atoms with Crippen molar-refractivity contribution in [3.05, 3.63) is 53.1 Å². The first-order valence-corrected chi connectivity index (χ1v) is 10.4. The van der Waals surface area contributed by atoms with Crippen molar-refractivity contribution in [2.75, 3.05) is 19.0 Å². The van der Waals surface area contributed by atoms with Gasteiger partial charge in [-0.25, -0.2) is 17.9 Å². The largest absolute Gasteiger partial charge is 0.495 e. The molecule has 8 nitrogen and oxygen atoms in total. The van der Waals surface area contributed by atoms with Gasteiger partial charge >= 0.3 is 5.97 Å². The second-order valence-electron chi connectivity index (χ2n) is 6.27. The maximum Gasteiger partial charge on any atom is 0.338 e. The predicted octanol–water partition coefficient (Wildman–Crippen LogP) is 2.83. The van der Waals surface area contributed by atoms with Crippen LogP contribution in [0, 0.1) is 0 Å². The first kappa shape index (κ1) is 22.7. The number of methoxy groups -OCH3 is 1. The van der Waals surface area contributed by atoms with Crippen LogP contribution in [0.3, 0.4) is 0 Å². The summed E-state index contributed by atoms with van der Waals surface area (Å²) in [5.41, 5.74) is 0.454. The molecule has 0 fully saturated rings. The number of ether oxygens (including phenoxy) is 2. The number of carbonyl (C=O) groups is 2. The van der Waals surface area contributed by atoms with Crippen molar-refractivity contribution in [2.45, 2.75) is 24.8 Å². The topological polar surface area (TPSA) is 111 Å². The van der Waals surface area contributed by atoms with Gasteiger partial charge < -0.3 is 14.8 Å². The molecule has 0 aliphatic rings. The van der Waals surface area contributed by atoms with E-state index in [0.717, 1.165) is 0 Å². The Morgan fingerprint density at radius 1 is 1.10 bits per heavy atom. The molecule has 2 aromatic rings. The minimum Gasteiger partial charge on any atom is -0.495 e. The number of rotatable bonds is 8. The molecule has 0 heterocycles. The smallest absolute Gasteiger partial charge is 0.338 e. The molecule has 0 aliphatic carbocycles. The normalized spacial score (nSPS) is 11.2. The fourth-order valence-corrected chi connectivity index (χ4v) is 3.75. The SMILES string of the molecule is COc1ccc(Cl)cc1NC(=O)COC(=O)c1ccc(S(=O)(=O)NC(C)C)cc1. The number of hydrogen-bond donors (Lipinski definition) is 2. The second-order valence-corrected chi connectivity index (χ2v) is 8.42. The van der Waals surface area contributed by atoms with Gasteiger partial charge in [-0.2, -0.15) is 0 Å². The van der Waals surface area contributed by atoms with Crippen LogP contribution in [0.4, 0.5) is 5.69 Å². The summed E-state index contributed by atoms with van der Waals surface area (Å²) in [5.74, 6) is -0.945. The average Bonchev–Trinajstić information content (AvgIpc) is 2.65. The summed E-state index contributed by atoms with van der Waals surface area (Å²) < 4.78 is 36.7. The van der Waals surface area contributed by atoms with E-state index in [1.807, 2.05) is 0 Å².